The molecule has 0 aromatic heterocycles. The monoisotopic (exact) mass is 1160 g/mol. The molecule has 36 heteroatoms. The molecule has 0 saturated carbocycles. The minimum Gasteiger partial charge on any atom is -0.736 e. The van der Waals surface area contributed by atoms with Gasteiger partial charge in [0.15, 0.2) is 0 Å². The van der Waals surface area contributed by atoms with E-state index in [4.69, 9.17) is 30.6 Å². The predicted molar refractivity (Wildman–Crippen MR) is 245 cm³/mol. The zero-order chi connectivity index (χ0) is 54.4. The van der Waals surface area contributed by atoms with Crippen molar-refractivity contribution in [1.29, 1.82) is 0 Å². The number of nitrogens with zero attached hydrogens (tertiary/aromatic N) is 10. The minimum absolute atomic E-state index is 0. The van der Waals surface area contributed by atoms with Crippen LogP contribution in [0, 0.1) is 71.1 Å². The van der Waals surface area contributed by atoms with Crippen LogP contribution in [0.4, 0.5) is 22.7 Å². The van der Waals surface area contributed by atoms with Gasteiger partial charge in [-0.05, 0) is 105 Å². The molecule has 72 heavy (non-hydrogen) atoms. The number of non-ortho nitro benzene ring substituents is 4. The molecule has 4 rings (SSSR count). The summed E-state index contributed by atoms with van der Waals surface area (Å²) in [7, 11) is 7.09. The van der Waals surface area contributed by atoms with Crippen LogP contribution in [0.25, 0.3) is 0 Å². The number of benzene rings is 4. The van der Waals surface area contributed by atoms with Crippen molar-refractivity contribution < 1.29 is 101 Å². The van der Waals surface area contributed by atoms with Crippen molar-refractivity contribution in [2.45, 2.75) is 0 Å². The number of nitro benzene ring substituents is 4. The summed E-state index contributed by atoms with van der Waals surface area (Å²) in [6.07, 6.45) is 0. The Morgan fingerprint density at radius 1 is 0.347 bits per heavy atom. The van der Waals surface area contributed by atoms with Crippen LogP contribution >= 0.6 is 15.6 Å². The van der Waals surface area contributed by atoms with Gasteiger partial charge in [0.1, 0.15) is 23.0 Å². The van der Waals surface area contributed by atoms with E-state index in [1.807, 2.05) is 0 Å². The molecule has 32 nitrogen and oxygen atoms in total. The maximum Gasteiger partial charge on any atom is 2.00 e. The van der Waals surface area contributed by atoms with Crippen molar-refractivity contribution in [3.63, 3.8) is 0 Å². The van der Waals surface area contributed by atoms with Crippen LogP contribution in [-0.4, -0.2) is 132 Å². The van der Waals surface area contributed by atoms with E-state index in [-0.39, 0.29) is 79.9 Å². The van der Waals surface area contributed by atoms with Crippen molar-refractivity contribution in [3.8, 4) is 23.0 Å². The molecule has 0 aliphatic carbocycles. The van der Waals surface area contributed by atoms with Gasteiger partial charge in [-0.1, -0.05) is 0 Å². The second kappa shape index (κ2) is 37.2. The Bertz CT molecular complexity index is 2030. The summed E-state index contributed by atoms with van der Waals surface area (Å²) < 4.78 is 42.0. The van der Waals surface area contributed by atoms with Crippen LogP contribution in [-0.2, 0) is 43.3 Å². The van der Waals surface area contributed by atoms with Crippen LogP contribution < -0.4 is 27.9 Å². The quantitative estimate of drug-likeness (QED) is 0.0568. The first kappa shape index (κ1) is 71.9. The standard InChI is InChI=1S/2C12H9N2O8P.2C6H16N2.2Cu.2NO3/c2*15-13(16)9-1-5-11(6-2-9)21-23(19,20)22-12-7-3-10(4-8-12)14(17)18;2*1-7(2)5-6-8(3)4;;;2*2-1(3)4/h2*1-8H,(H,19,20);2*5-6H2,1-4H3;;;;/q;;;;2*+2;2*-1/p-2. The van der Waals surface area contributed by atoms with E-state index in [9.17, 15) is 59.4 Å². The van der Waals surface area contributed by atoms with Gasteiger partial charge in [-0.2, -0.15) is 0 Å². The normalized spacial score (nSPS) is 10.1. The van der Waals surface area contributed by atoms with E-state index in [0.717, 1.165) is 123 Å². The number of hydrogen-bond donors (Lipinski definition) is 0. The average molecular weight is 1160 g/mol. The Morgan fingerprint density at radius 2 is 0.472 bits per heavy atom. The average Bonchev–Trinajstić information content (AvgIpc) is 3.22. The zero-order valence-corrected chi connectivity index (χ0v) is 42.7. The Labute approximate surface area is 431 Å². The van der Waals surface area contributed by atoms with Gasteiger partial charge < -0.3 is 78.1 Å². The van der Waals surface area contributed by atoms with Gasteiger partial charge in [0.05, 0.1) is 29.9 Å². The van der Waals surface area contributed by atoms with E-state index < -0.39 is 45.5 Å². The molecular formula is C36H48Cu2N10O22P2. The smallest absolute Gasteiger partial charge is 0.736 e. The van der Waals surface area contributed by atoms with Crippen molar-refractivity contribution in [2.75, 3.05) is 82.6 Å². The van der Waals surface area contributed by atoms with Gasteiger partial charge in [0, 0.05) is 74.7 Å². The van der Waals surface area contributed by atoms with Gasteiger partial charge in [-0.15, -0.1) is 0 Å². The van der Waals surface area contributed by atoms with E-state index in [2.05, 4.69) is 94.1 Å². The van der Waals surface area contributed by atoms with Crippen molar-refractivity contribution in [1.82, 2.24) is 19.6 Å². The van der Waals surface area contributed by atoms with Gasteiger partial charge in [-0.3, -0.25) is 40.5 Å². The molecule has 0 aliphatic rings. The minimum atomic E-state index is -4.80. The summed E-state index contributed by atoms with van der Waals surface area (Å²) >= 11 is 0. The third kappa shape index (κ3) is 39.1. The maximum atomic E-state index is 11.7. The first-order valence-electron chi connectivity index (χ1n) is 18.9. The topological polar surface area (TPSA) is 435 Å². The Kier molecular flexibility index (Phi) is 37.1. The summed E-state index contributed by atoms with van der Waals surface area (Å²) in [5, 5.41) is 71.5. The van der Waals surface area contributed by atoms with Crippen LogP contribution in [0.15, 0.2) is 97.1 Å². The Morgan fingerprint density at radius 3 is 0.569 bits per heavy atom. The predicted octanol–water partition coefficient (Wildman–Crippen LogP) is 4.59. The molecule has 0 N–H and O–H groups in total. The van der Waals surface area contributed by atoms with E-state index in [1.54, 1.807) is 0 Å². The molecule has 4 aromatic rings. The molecule has 0 saturated heterocycles. The van der Waals surface area contributed by atoms with Gasteiger partial charge in [0.2, 0.25) is 0 Å². The number of phosphoric acid groups is 2. The van der Waals surface area contributed by atoms with Crippen molar-refractivity contribution in [3.05, 3.63) is 168 Å². The molecule has 0 bridgehead atoms. The fourth-order valence-electron chi connectivity index (χ4n) is 3.87. The van der Waals surface area contributed by atoms with E-state index in [1.165, 1.54) is 0 Å². The van der Waals surface area contributed by atoms with Crippen LogP contribution in [0.3, 0.4) is 0 Å². The van der Waals surface area contributed by atoms with Gasteiger partial charge in [-0.25, -0.2) is 9.13 Å². The van der Waals surface area contributed by atoms with Crippen LogP contribution in [0.5, 0.6) is 23.0 Å². The largest absolute Gasteiger partial charge is 2.00 e. The molecule has 0 spiro atoms. The summed E-state index contributed by atoms with van der Waals surface area (Å²) in [5.41, 5.74) is -0.910. The second-order valence-electron chi connectivity index (χ2n) is 13.9. The molecule has 0 heterocycles. The first-order chi connectivity index (χ1) is 32.2. The van der Waals surface area contributed by atoms with Crippen LogP contribution in [0.2, 0.25) is 0 Å². The maximum absolute atomic E-state index is 11.7. The second-order valence-corrected chi connectivity index (χ2v) is 16.4. The molecule has 0 fully saturated rings. The number of hydrogen-bond acceptors (Lipinski definition) is 26. The summed E-state index contributed by atoms with van der Waals surface area (Å²) in [6.45, 7) is 4.58. The molecule has 0 aliphatic heterocycles. The summed E-state index contributed by atoms with van der Waals surface area (Å²) in [4.78, 5) is 88.0. The molecule has 406 valence electrons. The van der Waals surface area contributed by atoms with Crippen molar-refractivity contribution in [2.24, 2.45) is 0 Å². The number of likely N-dealkylation sites (N-methyl/N-ethyl adjacent to an activating group) is 4. The van der Waals surface area contributed by atoms with E-state index >= 15 is 0 Å². The molecule has 2 radical (unpaired) electrons. The summed E-state index contributed by atoms with van der Waals surface area (Å²) in [6, 6.07) is 17.4. The third-order valence-corrected chi connectivity index (χ3v) is 8.79. The molecular weight excluding hydrogens is 1110 g/mol. The first-order valence-corrected chi connectivity index (χ1v) is 21.8. The van der Waals surface area contributed by atoms with Gasteiger partial charge >= 0.3 is 49.8 Å². The van der Waals surface area contributed by atoms with E-state index in [0.29, 0.717) is 0 Å². The number of nitro groups is 4. The molecule has 0 amide bonds. The summed E-state index contributed by atoms with van der Waals surface area (Å²) in [5.74, 6) is -0.682. The fraction of sp³-hybridized carbons (Fsp3) is 0.333. The van der Waals surface area contributed by atoms with Gasteiger partial charge in [0.25, 0.3) is 22.7 Å². The van der Waals surface area contributed by atoms with Crippen molar-refractivity contribution >= 4 is 38.4 Å². The number of phosphoric ester groups is 2. The third-order valence-electron chi connectivity index (χ3n) is 7.05. The SMILES string of the molecule is CN(C)CCN(C)C.CN(C)CCN(C)C.O=[N+]([O-])[O-].O=[N+]([O-])[O-].O=[N+]([O-])c1ccc(OP(=O)([O-])Oc2ccc([N+](=O)[O-])cc2)cc1.O=[N+]([O-])c1ccc(OP(=O)([O-])Oc2ccc([N+](=O)[O-])cc2)cc1.[Cu+2].[Cu+2]. The molecule has 0 unspecified atom stereocenters. The fourth-order valence-corrected chi connectivity index (χ4v) is 5.46. The Balaban J connectivity index is -0.000000437. The number of rotatable bonds is 18. The Hall–Kier alpha value is -6.66. The van der Waals surface area contributed by atoms with Crippen LogP contribution in [0.1, 0.15) is 0 Å². The molecule has 4 aromatic carbocycles. The zero-order valence-electron chi connectivity index (χ0n) is 39.0. The molecule has 0 atom stereocenters.